The van der Waals surface area contributed by atoms with E-state index in [9.17, 15) is 9.18 Å². The Bertz CT molecular complexity index is 817. The second-order valence-corrected chi connectivity index (χ2v) is 6.72. The first-order chi connectivity index (χ1) is 12.6. The Balaban J connectivity index is 1.41. The smallest absolute Gasteiger partial charge is 0.257 e. The van der Waals surface area contributed by atoms with Crippen LogP contribution in [0.5, 0.6) is 11.5 Å². The maximum atomic E-state index is 14.0. The molecule has 0 radical (unpaired) electrons. The number of carbonyl (C=O) groups excluding carboxylic acids is 1. The minimum atomic E-state index is -0.298. The molecule has 0 unspecified atom stereocenters. The van der Waals surface area contributed by atoms with E-state index in [1.54, 1.807) is 35.2 Å². The summed E-state index contributed by atoms with van der Waals surface area (Å²) in [5.74, 6) is 0.741. The van der Waals surface area contributed by atoms with E-state index < -0.39 is 0 Å². The lowest BCUT2D eigenvalue weighted by Crippen LogP contribution is -2.48. The SMILES string of the molecule is O=C(c1cccc2c1OCO2)N1CCN(Cc2c(F)cccc2Cl)CC1. The molecule has 5 nitrogen and oxygen atoms in total. The molecule has 2 aliphatic rings. The van der Waals surface area contributed by atoms with Gasteiger partial charge in [0.1, 0.15) is 5.82 Å². The molecule has 4 rings (SSSR count). The molecule has 1 amide bonds. The Morgan fingerprint density at radius 2 is 1.85 bits per heavy atom. The van der Waals surface area contributed by atoms with Crippen molar-refractivity contribution in [1.82, 2.24) is 9.80 Å². The normalized spacial score (nSPS) is 16.8. The summed E-state index contributed by atoms with van der Waals surface area (Å²) in [4.78, 5) is 16.7. The Labute approximate surface area is 155 Å². The number of rotatable bonds is 3. The number of hydrogen-bond donors (Lipinski definition) is 0. The summed E-state index contributed by atoms with van der Waals surface area (Å²) in [7, 11) is 0. The van der Waals surface area contributed by atoms with E-state index >= 15 is 0 Å². The average Bonchev–Trinajstić information content (AvgIpc) is 3.14. The van der Waals surface area contributed by atoms with E-state index in [2.05, 4.69) is 4.90 Å². The molecule has 0 aliphatic carbocycles. The summed E-state index contributed by atoms with van der Waals surface area (Å²) >= 11 is 6.11. The largest absolute Gasteiger partial charge is 0.454 e. The van der Waals surface area contributed by atoms with Crippen molar-refractivity contribution in [2.45, 2.75) is 6.54 Å². The lowest BCUT2D eigenvalue weighted by molar-refractivity contribution is 0.0623. The summed E-state index contributed by atoms with van der Waals surface area (Å²) in [6.07, 6.45) is 0. The van der Waals surface area contributed by atoms with Crippen molar-refractivity contribution in [1.29, 1.82) is 0 Å². The van der Waals surface area contributed by atoms with Crippen LogP contribution in [0.15, 0.2) is 36.4 Å². The fraction of sp³-hybridized carbons (Fsp3) is 0.316. The molecule has 7 heteroatoms. The molecular weight excluding hydrogens is 359 g/mol. The van der Waals surface area contributed by atoms with E-state index in [-0.39, 0.29) is 18.5 Å². The van der Waals surface area contributed by atoms with Gasteiger partial charge in [0.2, 0.25) is 6.79 Å². The topological polar surface area (TPSA) is 42.0 Å². The fourth-order valence-corrected chi connectivity index (χ4v) is 3.51. The Morgan fingerprint density at radius 1 is 1.08 bits per heavy atom. The van der Waals surface area contributed by atoms with Gasteiger partial charge in [-0.05, 0) is 24.3 Å². The molecule has 0 N–H and O–H groups in total. The fourth-order valence-electron chi connectivity index (χ4n) is 3.29. The Kier molecular flexibility index (Phi) is 4.70. The molecule has 2 aliphatic heterocycles. The van der Waals surface area contributed by atoms with Crippen LogP contribution in [-0.2, 0) is 6.54 Å². The number of ether oxygens (including phenoxy) is 2. The van der Waals surface area contributed by atoms with Crippen molar-refractivity contribution in [3.05, 3.63) is 58.4 Å². The van der Waals surface area contributed by atoms with Crippen molar-refractivity contribution in [2.75, 3.05) is 33.0 Å². The monoisotopic (exact) mass is 376 g/mol. The van der Waals surface area contributed by atoms with E-state index in [0.29, 0.717) is 60.4 Å². The number of benzene rings is 2. The van der Waals surface area contributed by atoms with Crippen molar-refractivity contribution < 1.29 is 18.7 Å². The van der Waals surface area contributed by atoms with Crippen LogP contribution in [0.25, 0.3) is 0 Å². The van der Waals surface area contributed by atoms with Crippen LogP contribution in [0.1, 0.15) is 15.9 Å². The minimum Gasteiger partial charge on any atom is -0.454 e. The summed E-state index contributed by atoms with van der Waals surface area (Å²) in [6.45, 7) is 3.01. The number of carbonyl (C=O) groups is 1. The number of nitrogens with zero attached hydrogens (tertiary/aromatic N) is 2. The zero-order chi connectivity index (χ0) is 18.1. The molecular formula is C19H18ClFN2O3. The van der Waals surface area contributed by atoms with Gasteiger partial charge in [0.15, 0.2) is 11.5 Å². The van der Waals surface area contributed by atoms with Gasteiger partial charge >= 0.3 is 0 Å². The molecule has 26 heavy (non-hydrogen) atoms. The number of hydrogen-bond acceptors (Lipinski definition) is 4. The number of halogens is 2. The third-order valence-electron chi connectivity index (χ3n) is 4.73. The molecule has 0 bridgehead atoms. The predicted molar refractivity (Wildman–Crippen MR) is 95.2 cm³/mol. The van der Waals surface area contributed by atoms with Crippen molar-refractivity contribution in [3.8, 4) is 11.5 Å². The van der Waals surface area contributed by atoms with Gasteiger partial charge in [-0.2, -0.15) is 0 Å². The molecule has 2 aromatic rings. The first-order valence-electron chi connectivity index (χ1n) is 8.46. The summed E-state index contributed by atoms with van der Waals surface area (Å²) < 4.78 is 24.7. The van der Waals surface area contributed by atoms with Gasteiger partial charge in [0, 0.05) is 43.3 Å². The van der Waals surface area contributed by atoms with Crippen molar-refractivity contribution in [2.24, 2.45) is 0 Å². The Morgan fingerprint density at radius 3 is 2.62 bits per heavy atom. The van der Waals surface area contributed by atoms with E-state index in [1.807, 2.05) is 0 Å². The number of amides is 1. The summed E-state index contributed by atoms with van der Waals surface area (Å²) in [6, 6.07) is 10.0. The van der Waals surface area contributed by atoms with E-state index in [0.717, 1.165) is 0 Å². The zero-order valence-electron chi connectivity index (χ0n) is 14.1. The van der Waals surface area contributed by atoms with Crippen LogP contribution in [0.3, 0.4) is 0 Å². The first-order valence-corrected chi connectivity index (χ1v) is 8.84. The summed E-state index contributed by atoms with van der Waals surface area (Å²) in [5.41, 5.74) is 1.02. The van der Waals surface area contributed by atoms with E-state index in [1.165, 1.54) is 6.07 Å². The predicted octanol–water partition coefficient (Wildman–Crippen LogP) is 3.17. The van der Waals surface area contributed by atoms with Crippen LogP contribution in [0.2, 0.25) is 5.02 Å². The Hall–Kier alpha value is -2.31. The van der Waals surface area contributed by atoms with Gasteiger partial charge in [-0.3, -0.25) is 9.69 Å². The first kappa shape index (κ1) is 17.1. The highest BCUT2D eigenvalue weighted by Crippen LogP contribution is 2.36. The van der Waals surface area contributed by atoms with Gasteiger partial charge in [0.25, 0.3) is 5.91 Å². The molecule has 136 valence electrons. The molecule has 2 aromatic carbocycles. The molecule has 0 atom stereocenters. The van der Waals surface area contributed by atoms with Gasteiger partial charge in [0.05, 0.1) is 5.56 Å². The van der Waals surface area contributed by atoms with Crippen LogP contribution in [-0.4, -0.2) is 48.7 Å². The second kappa shape index (κ2) is 7.13. The maximum Gasteiger partial charge on any atom is 0.257 e. The molecule has 1 fully saturated rings. The summed E-state index contributed by atoms with van der Waals surface area (Å²) in [5, 5.41) is 0.431. The van der Waals surface area contributed by atoms with Crippen LogP contribution < -0.4 is 9.47 Å². The third kappa shape index (κ3) is 3.22. The van der Waals surface area contributed by atoms with Crippen LogP contribution in [0.4, 0.5) is 4.39 Å². The number of para-hydroxylation sites is 1. The van der Waals surface area contributed by atoms with Gasteiger partial charge in [-0.1, -0.05) is 23.7 Å². The molecule has 0 aromatic heterocycles. The van der Waals surface area contributed by atoms with Gasteiger partial charge in [-0.25, -0.2) is 4.39 Å². The highest BCUT2D eigenvalue weighted by atomic mass is 35.5. The molecule has 0 saturated carbocycles. The number of fused-ring (bicyclic) bond motifs is 1. The highest BCUT2D eigenvalue weighted by molar-refractivity contribution is 6.31. The van der Waals surface area contributed by atoms with Crippen LogP contribution in [0, 0.1) is 5.82 Å². The average molecular weight is 377 g/mol. The van der Waals surface area contributed by atoms with Gasteiger partial charge in [-0.15, -0.1) is 0 Å². The standard InChI is InChI=1S/C19H18ClFN2O3/c20-15-4-2-5-16(21)14(15)11-22-7-9-23(10-8-22)19(24)13-3-1-6-17-18(13)26-12-25-17/h1-6H,7-12H2. The molecule has 2 heterocycles. The lowest BCUT2D eigenvalue weighted by atomic mass is 10.1. The van der Waals surface area contributed by atoms with E-state index in [4.69, 9.17) is 21.1 Å². The van der Waals surface area contributed by atoms with Crippen molar-refractivity contribution in [3.63, 3.8) is 0 Å². The number of piperazine rings is 1. The van der Waals surface area contributed by atoms with Crippen LogP contribution >= 0.6 is 11.6 Å². The quantitative estimate of drug-likeness (QED) is 0.825. The minimum absolute atomic E-state index is 0.0732. The molecule has 1 saturated heterocycles. The molecule has 0 spiro atoms. The highest BCUT2D eigenvalue weighted by Gasteiger charge is 2.28. The van der Waals surface area contributed by atoms with Gasteiger partial charge < -0.3 is 14.4 Å². The van der Waals surface area contributed by atoms with Crippen molar-refractivity contribution >= 4 is 17.5 Å². The zero-order valence-corrected chi connectivity index (χ0v) is 14.8. The third-order valence-corrected chi connectivity index (χ3v) is 5.08. The second-order valence-electron chi connectivity index (χ2n) is 6.31. The lowest BCUT2D eigenvalue weighted by Gasteiger charge is -2.35. The maximum absolute atomic E-state index is 14.0.